The van der Waals surface area contributed by atoms with Crippen LogP contribution in [-0.2, 0) is 6.42 Å². The van der Waals surface area contributed by atoms with E-state index in [0.29, 0.717) is 11.6 Å². The van der Waals surface area contributed by atoms with E-state index in [4.69, 9.17) is 4.74 Å². The molecule has 164 valence electrons. The van der Waals surface area contributed by atoms with E-state index in [-0.39, 0.29) is 13.0 Å². The second-order valence-corrected chi connectivity index (χ2v) is 7.54. The van der Waals surface area contributed by atoms with Crippen LogP contribution in [0.15, 0.2) is 60.9 Å². The minimum absolute atomic E-state index is 0.0466. The first-order chi connectivity index (χ1) is 14.9. The Kier molecular flexibility index (Phi) is 8.04. The SMILES string of the molecule is CCCCCc1cnc(-c2ccc(-c3ccc(OCCCC(F)(F)F)cc3)cc2)nc1. The second kappa shape index (κ2) is 10.9. The largest absolute Gasteiger partial charge is 0.494 e. The molecule has 0 aliphatic rings. The minimum atomic E-state index is -4.14. The Labute approximate surface area is 181 Å². The van der Waals surface area contributed by atoms with Gasteiger partial charge in [-0.25, -0.2) is 9.97 Å². The molecule has 31 heavy (non-hydrogen) atoms. The smallest absolute Gasteiger partial charge is 0.389 e. The number of nitrogens with zero attached hydrogens (tertiary/aromatic N) is 2. The van der Waals surface area contributed by atoms with Crippen LogP contribution in [0.3, 0.4) is 0 Å². The quantitative estimate of drug-likeness (QED) is 0.319. The molecule has 0 amide bonds. The van der Waals surface area contributed by atoms with Crippen LogP contribution >= 0.6 is 0 Å². The zero-order chi connectivity index (χ0) is 22.1. The van der Waals surface area contributed by atoms with Gasteiger partial charge in [0.25, 0.3) is 0 Å². The van der Waals surface area contributed by atoms with Gasteiger partial charge in [0.2, 0.25) is 0 Å². The molecular weight excluding hydrogens is 401 g/mol. The summed E-state index contributed by atoms with van der Waals surface area (Å²) in [5.41, 5.74) is 4.15. The first kappa shape index (κ1) is 22.8. The van der Waals surface area contributed by atoms with Gasteiger partial charge in [-0.1, -0.05) is 56.2 Å². The van der Waals surface area contributed by atoms with Gasteiger partial charge in [-0.05, 0) is 48.1 Å². The van der Waals surface area contributed by atoms with Crippen LogP contribution in [0.5, 0.6) is 5.75 Å². The van der Waals surface area contributed by atoms with Gasteiger partial charge in [-0.2, -0.15) is 13.2 Å². The van der Waals surface area contributed by atoms with Gasteiger partial charge in [0.1, 0.15) is 5.75 Å². The van der Waals surface area contributed by atoms with Crippen molar-refractivity contribution in [3.63, 3.8) is 0 Å². The van der Waals surface area contributed by atoms with Crippen molar-refractivity contribution in [1.29, 1.82) is 0 Å². The Balaban J connectivity index is 1.56. The number of rotatable bonds is 10. The summed E-state index contributed by atoms with van der Waals surface area (Å²) < 4.78 is 41.9. The average molecular weight is 428 g/mol. The number of ether oxygens (including phenoxy) is 1. The lowest BCUT2D eigenvalue weighted by molar-refractivity contribution is -0.136. The lowest BCUT2D eigenvalue weighted by atomic mass is 10.0. The molecule has 3 nitrogen and oxygen atoms in total. The van der Waals surface area contributed by atoms with Crippen molar-refractivity contribution in [2.75, 3.05) is 6.61 Å². The van der Waals surface area contributed by atoms with E-state index < -0.39 is 12.6 Å². The zero-order valence-corrected chi connectivity index (χ0v) is 17.7. The molecule has 0 N–H and O–H groups in total. The number of halogens is 3. The van der Waals surface area contributed by atoms with Crippen molar-refractivity contribution in [2.24, 2.45) is 0 Å². The highest BCUT2D eigenvalue weighted by atomic mass is 19.4. The molecule has 0 spiro atoms. The molecule has 6 heteroatoms. The number of benzene rings is 2. The third kappa shape index (κ3) is 7.39. The van der Waals surface area contributed by atoms with Crippen molar-refractivity contribution >= 4 is 0 Å². The molecule has 0 saturated carbocycles. The fourth-order valence-corrected chi connectivity index (χ4v) is 3.23. The zero-order valence-electron chi connectivity index (χ0n) is 17.7. The summed E-state index contributed by atoms with van der Waals surface area (Å²) in [7, 11) is 0. The highest BCUT2D eigenvalue weighted by molar-refractivity contribution is 5.68. The van der Waals surface area contributed by atoms with Crippen LogP contribution in [0.1, 0.15) is 44.6 Å². The normalized spacial score (nSPS) is 11.5. The Hall–Kier alpha value is -2.89. The summed E-state index contributed by atoms with van der Waals surface area (Å²) in [6.07, 6.45) is 3.37. The number of hydrogen-bond donors (Lipinski definition) is 0. The van der Waals surface area contributed by atoms with E-state index in [1.807, 2.05) is 48.8 Å². The van der Waals surface area contributed by atoms with Crippen molar-refractivity contribution in [3.05, 3.63) is 66.5 Å². The van der Waals surface area contributed by atoms with Crippen LogP contribution in [0, 0.1) is 0 Å². The van der Waals surface area contributed by atoms with Gasteiger partial charge < -0.3 is 4.74 Å². The minimum Gasteiger partial charge on any atom is -0.494 e. The van der Waals surface area contributed by atoms with E-state index in [1.165, 1.54) is 12.8 Å². The predicted molar refractivity (Wildman–Crippen MR) is 117 cm³/mol. The van der Waals surface area contributed by atoms with E-state index >= 15 is 0 Å². The first-order valence-electron chi connectivity index (χ1n) is 10.7. The molecule has 0 aliphatic carbocycles. The Morgan fingerprint density at radius 3 is 1.94 bits per heavy atom. The van der Waals surface area contributed by atoms with E-state index in [1.54, 1.807) is 12.1 Å². The maximum absolute atomic E-state index is 12.2. The third-order valence-corrected chi connectivity index (χ3v) is 4.98. The van der Waals surface area contributed by atoms with Crippen LogP contribution in [0.25, 0.3) is 22.5 Å². The molecule has 1 heterocycles. The van der Waals surface area contributed by atoms with Gasteiger partial charge in [0, 0.05) is 24.4 Å². The topological polar surface area (TPSA) is 35.0 Å². The number of alkyl halides is 3. The molecule has 0 unspecified atom stereocenters. The molecule has 3 rings (SSSR count). The van der Waals surface area contributed by atoms with Crippen molar-refractivity contribution in [1.82, 2.24) is 9.97 Å². The standard InChI is InChI=1S/C25H27F3N2O/c1-2-3-4-6-19-17-29-24(30-18-19)22-9-7-20(8-10-22)21-11-13-23(14-12-21)31-16-5-15-25(26,27)28/h7-14,17-18H,2-6,15-16H2,1H3. The van der Waals surface area contributed by atoms with Gasteiger partial charge in [0.15, 0.2) is 5.82 Å². The number of aromatic nitrogens is 2. The van der Waals surface area contributed by atoms with Gasteiger partial charge in [0.05, 0.1) is 6.61 Å². The van der Waals surface area contributed by atoms with Crippen LogP contribution in [-0.4, -0.2) is 22.8 Å². The number of unbranched alkanes of at least 4 members (excludes halogenated alkanes) is 2. The Bertz CT molecular complexity index is 921. The summed E-state index contributed by atoms with van der Waals surface area (Å²) in [6.45, 7) is 2.24. The van der Waals surface area contributed by atoms with E-state index in [2.05, 4.69) is 16.9 Å². The van der Waals surface area contributed by atoms with Gasteiger partial charge in [-0.3, -0.25) is 0 Å². The average Bonchev–Trinajstić information content (AvgIpc) is 2.77. The van der Waals surface area contributed by atoms with Gasteiger partial charge >= 0.3 is 6.18 Å². The molecule has 0 saturated heterocycles. The monoisotopic (exact) mass is 428 g/mol. The summed E-state index contributed by atoms with van der Waals surface area (Å²) in [6, 6.07) is 15.3. The van der Waals surface area contributed by atoms with Crippen molar-refractivity contribution < 1.29 is 17.9 Å². The summed E-state index contributed by atoms with van der Waals surface area (Å²) in [5, 5.41) is 0. The highest BCUT2D eigenvalue weighted by Gasteiger charge is 2.26. The maximum atomic E-state index is 12.2. The second-order valence-electron chi connectivity index (χ2n) is 7.54. The molecule has 0 atom stereocenters. The molecule has 1 aromatic heterocycles. The highest BCUT2D eigenvalue weighted by Crippen LogP contribution is 2.26. The Morgan fingerprint density at radius 2 is 1.35 bits per heavy atom. The predicted octanol–water partition coefficient (Wildman–Crippen LogP) is 7.26. The van der Waals surface area contributed by atoms with Crippen molar-refractivity contribution in [3.8, 4) is 28.3 Å². The molecular formula is C25H27F3N2O. The molecule has 0 bridgehead atoms. The fourth-order valence-electron chi connectivity index (χ4n) is 3.23. The lowest BCUT2D eigenvalue weighted by Crippen LogP contribution is -2.09. The van der Waals surface area contributed by atoms with Crippen LogP contribution in [0.4, 0.5) is 13.2 Å². The third-order valence-electron chi connectivity index (χ3n) is 4.98. The summed E-state index contributed by atoms with van der Waals surface area (Å²) in [5.74, 6) is 1.27. The Morgan fingerprint density at radius 1 is 0.774 bits per heavy atom. The number of hydrogen-bond acceptors (Lipinski definition) is 3. The maximum Gasteiger partial charge on any atom is 0.389 e. The number of aryl methyl sites for hydroxylation is 1. The fraction of sp³-hybridized carbons (Fsp3) is 0.360. The van der Waals surface area contributed by atoms with E-state index in [9.17, 15) is 13.2 Å². The van der Waals surface area contributed by atoms with Gasteiger partial charge in [-0.15, -0.1) is 0 Å². The summed E-state index contributed by atoms with van der Waals surface area (Å²) in [4.78, 5) is 8.99. The van der Waals surface area contributed by atoms with Crippen molar-refractivity contribution in [2.45, 2.75) is 51.6 Å². The van der Waals surface area contributed by atoms with Crippen LogP contribution in [0.2, 0.25) is 0 Å². The molecule has 0 aliphatic heterocycles. The molecule has 0 fully saturated rings. The molecule has 2 aromatic carbocycles. The summed E-state index contributed by atoms with van der Waals surface area (Å²) >= 11 is 0. The lowest BCUT2D eigenvalue weighted by Gasteiger charge is -2.09. The molecule has 3 aromatic rings. The molecule has 0 radical (unpaired) electrons. The van der Waals surface area contributed by atoms with Crippen LogP contribution < -0.4 is 4.74 Å². The van der Waals surface area contributed by atoms with E-state index in [0.717, 1.165) is 35.1 Å². The first-order valence-corrected chi connectivity index (χ1v) is 10.7.